The SMILES string of the molecule is CCCOCCOC(C)CC(C)(NC1CC1)C(=O)OC. The van der Waals surface area contributed by atoms with Crippen LogP contribution < -0.4 is 5.32 Å². The quantitative estimate of drug-likeness (QED) is 0.464. The number of rotatable bonds is 11. The normalized spacial score (nSPS) is 19.4. The minimum Gasteiger partial charge on any atom is -0.468 e. The van der Waals surface area contributed by atoms with Crippen LogP contribution in [0.2, 0.25) is 0 Å². The van der Waals surface area contributed by atoms with Crippen LogP contribution >= 0.6 is 0 Å². The molecular formula is C15H29NO4. The van der Waals surface area contributed by atoms with Crippen LogP contribution in [0.5, 0.6) is 0 Å². The highest BCUT2D eigenvalue weighted by Crippen LogP contribution is 2.26. The number of hydrogen-bond acceptors (Lipinski definition) is 5. The topological polar surface area (TPSA) is 56.8 Å². The van der Waals surface area contributed by atoms with Crippen molar-refractivity contribution in [3.05, 3.63) is 0 Å². The summed E-state index contributed by atoms with van der Waals surface area (Å²) in [4.78, 5) is 12.0. The van der Waals surface area contributed by atoms with Crippen molar-refractivity contribution in [3.8, 4) is 0 Å². The van der Waals surface area contributed by atoms with Crippen LogP contribution in [0.25, 0.3) is 0 Å². The molecule has 5 heteroatoms. The lowest BCUT2D eigenvalue weighted by Gasteiger charge is -2.30. The molecule has 118 valence electrons. The summed E-state index contributed by atoms with van der Waals surface area (Å²) in [7, 11) is 1.43. The Morgan fingerprint density at radius 2 is 2.05 bits per heavy atom. The van der Waals surface area contributed by atoms with E-state index in [1.807, 2.05) is 13.8 Å². The minimum atomic E-state index is -0.667. The molecule has 1 saturated carbocycles. The summed E-state index contributed by atoms with van der Waals surface area (Å²) >= 11 is 0. The van der Waals surface area contributed by atoms with E-state index in [-0.39, 0.29) is 12.1 Å². The molecule has 0 aromatic carbocycles. The third-order valence-electron chi connectivity index (χ3n) is 3.41. The van der Waals surface area contributed by atoms with Gasteiger partial charge in [-0.15, -0.1) is 0 Å². The summed E-state index contributed by atoms with van der Waals surface area (Å²) in [6.45, 7) is 7.88. The van der Waals surface area contributed by atoms with Crippen molar-refractivity contribution in [3.63, 3.8) is 0 Å². The van der Waals surface area contributed by atoms with Crippen LogP contribution in [-0.4, -0.2) is 50.6 Å². The Kier molecular flexibility index (Phi) is 7.48. The molecule has 2 unspecified atom stereocenters. The second-order valence-corrected chi connectivity index (χ2v) is 5.74. The maximum absolute atomic E-state index is 12.0. The van der Waals surface area contributed by atoms with Gasteiger partial charge in [0.25, 0.3) is 0 Å². The predicted molar refractivity (Wildman–Crippen MR) is 77.7 cm³/mol. The zero-order chi connectivity index (χ0) is 15.0. The second-order valence-electron chi connectivity index (χ2n) is 5.74. The third kappa shape index (κ3) is 6.20. The van der Waals surface area contributed by atoms with E-state index in [1.165, 1.54) is 7.11 Å². The molecular weight excluding hydrogens is 258 g/mol. The van der Waals surface area contributed by atoms with Crippen LogP contribution in [0.4, 0.5) is 0 Å². The molecule has 0 amide bonds. The van der Waals surface area contributed by atoms with Gasteiger partial charge >= 0.3 is 5.97 Å². The molecule has 20 heavy (non-hydrogen) atoms. The second kappa shape index (κ2) is 8.60. The van der Waals surface area contributed by atoms with Crippen molar-refractivity contribution in [2.75, 3.05) is 26.9 Å². The number of carbonyl (C=O) groups is 1. The Morgan fingerprint density at radius 1 is 1.35 bits per heavy atom. The Bertz CT molecular complexity index is 294. The van der Waals surface area contributed by atoms with Crippen molar-refractivity contribution in [1.82, 2.24) is 5.32 Å². The number of carbonyl (C=O) groups excluding carboxylic acids is 1. The van der Waals surface area contributed by atoms with E-state index in [0.717, 1.165) is 25.9 Å². The largest absolute Gasteiger partial charge is 0.468 e. The van der Waals surface area contributed by atoms with Crippen molar-refractivity contribution < 1.29 is 19.0 Å². The molecule has 0 heterocycles. The Morgan fingerprint density at radius 3 is 2.60 bits per heavy atom. The molecule has 0 aromatic heterocycles. The Hall–Kier alpha value is -0.650. The fourth-order valence-electron chi connectivity index (χ4n) is 2.29. The van der Waals surface area contributed by atoms with Crippen LogP contribution in [0.3, 0.4) is 0 Å². The lowest BCUT2D eigenvalue weighted by Crippen LogP contribution is -2.53. The van der Waals surface area contributed by atoms with Gasteiger partial charge in [-0.25, -0.2) is 0 Å². The van der Waals surface area contributed by atoms with Crippen LogP contribution in [0.1, 0.15) is 46.5 Å². The Balaban J connectivity index is 2.33. The van der Waals surface area contributed by atoms with Gasteiger partial charge in [-0.3, -0.25) is 10.1 Å². The maximum atomic E-state index is 12.0. The molecule has 0 aliphatic heterocycles. The van der Waals surface area contributed by atoms with E-state index < -0.39 is 5.54 Å². The zero-order valence-electron chi connectivity index (χ0n) is 13.2. The van der Waals surface area contributed by atoms with E-state index >= 15 is 0 Å². The highest BCUT2D eigenvalue weighted by molar-refractivity contribution is 5.80. The van der Waals surface area contributed by atoms with Crippen molar-refractivity contribution in [1.29, 1.82) is 0 Å². The number of methoxy groups -OCH3 is 1. The highest BCUT2D eigenvalue weighted by Gasteiger charge is 2.40. The van der Waals surface area contributed by atoms with Gasteiger partial charge in [-0.05, 0) is 33.1 Å². The first-order valence-electron chi connectivity index (χ1n) is 7.57. The van der Waals surface area contributed by atoms with Gasteiger partial charge in [-0.1, -0.05) is 6.92 Å². The first-order chi connectivity index (χ1) is 9.51. The maximum Gasteiger partial charge on any atom is 0.325 e. The summed E-state index contributed by atoms with van der Waals surface area (Å²) < 4.78 is 16.0. The minimum absolute atomic E-state index is 0.0180. The van der Waals surface area contributed by atoms with Crippen molar-refractivity contribution >= 4 is 5.97 Å². The molecule has 1 N–H and O–H groups in total. The molecule has 1 rings (SSSR count). The zero-order valence-corrected chi connectivity index (χ0v) is 13.2. The van der Waals surface area contributed by atoms with Gasteiger partial charge in [0.15, 0.2) is 0 Å². The molecule has 0 saturated heterocycles. The van der Waals surface area contributed by atoms with Gasteiger partial charge in [0.2, 0.25) is 0 Å². The lowest BCUT2D eigenvalue weighted by atomic mass is 9.94. The summed E-state index contributed by atoms with van der Waals surface area (Å²) in [5.74, 6) is -0.220. The molecule has 5 nitrogen and oxygen atoms in total. The number of esters is 1. The fraction of sp³-hybridized carbons (Fsp3) is 0.933. The fourth-order valence-corrected chi connectivity index (χ4v) is 2.29. The lowest BCUT2D eigenvalue weighted by molar-refractivity contribution is -0.149. The Labute approximate surface area is 122 Å². The predicted octanol–water partition coefficient (Wildman–Crippen LogP) is 1.89. The third-order valence-corrected chi connectivity index (χ3v) is 3.41. The molecule has 0 radical (unpaired) electrons. The van der Waals surface area contributed by atoms with Crippen LogP contribution in [-0.2, 0) is 19.0 Å². The number of hydrogen-bond donors (Lipinski definition) is 1. The van der Waals surface area contributed by atoms with E-state index in [0.29, 0.717) is 25.7 Å². The molecule has 1 aliphatic rings. The van der Waals surface area contributed by atoms with E-state index in [2.05, 4.69) is 12.2 Å². The smallest absolute Gasteiger partial charge is 0.325 e. The molecule has 0 aromatic rings. The molecule has 2 atom stereocenters. The molecule has 1 aliphatic carbocycles. The highest BCUT2D eigenvalue weighted by atomic mass is 16.5. The number of nitrogens with one attached hydrogen (secondary N) is 1. The van der Waals surface area contributed by atoms with Gasteiger partial charge < -0.3 is 14.2 Å². The van der Waals surface area contributed by atoms with E-state index in [4.69, 9.17) is 14.2 Å². The molecule has 0 spiro atoms. The van der Waals surface area contributed by atoms with Gasteiger partial charge in [0.05, 0.1) is 26.4 Å². The van der Waals surface area contributed by atoms with Gasteiger partial charge in [-0.2, -0.15) is 0 Å². The van der Waals surface area contributed by atoms with E-state index in [9.17, 15) is 4.79 Å². The summed E-state index contributed by atoms with van der Waals surface area (Å²) in [6, 6.07) is 0.444. The van der Waals surface area contributed by atoms with Gasteiger partial charge in [0.1, 0.15) is 5.54 Å². The number of ether oxygens (including phenoxy) is 3. The van der Waals surface area contributed by atoms with Crippen molar-refractivity contribution in [2.24, 2.45) is 0 Å². The molecule has 1 fully saturated rings. The summed E-state index contributed by atoms with van der Waals surface area (Å²) in [5, 5.41) is 3.37. The van der Waals surface area contributed by atoms with Gasteiger partial charge in [0, 0.05) is 19.1 Å². The van der Waals surface area contributed by atoms with Crippen LogP contribution in [0, 0.1) is 0 Å². The standard InChI is InChI=1S/C15H29NO4/c1-5-8-19-9-10-20-12(2)11-15(3,14(17)18-4)16-13-6-7-13/h12-13,16H,5-11H2,1-4H3. The molecule has 0 bridgehead atoms. The van der Waals surface area contributed by atoms with Crippen LogP contribution in [0.15, 0.2) is 0 Å². The average molecular weight is 287 g/mol. The average Bonchev–Trinajstić information content (AvgIpc) is 3.21. The van der Waals surface area contributed by atoms with Crippen molar-refractivity contribution in [2.45, 2.75) is 64.1 Å². The summed E-state index contributed by atoms with van der Waals surface area (Å²) in [6.07, 6.45) is 3.86. The first-order valence-corrected chi connectivity index (χ1v) is 7.57. The monoisotopic (exact) mass is 287 g/mol. The first kappa shape index (κ1) is 17.4. The van der Waals surface area contributed by atoms with E-state index in [1.54, 1.807) is 0 Å². The summed E-state index contributed by atoms with van der Waals surface area (Å²) in [5.41, 5.74) is -0.667.